The number of carbonyl (C=O) groups excluding carboxylic acids is 2. The first-order chi connectivity index (χ1) is 12.1. The molecule has 2 unspecified atom stereocenters. The van der Waals surface area contributed by atoms with Crippen molar-refractivity contribution in [3.05, 3.63) is 35.9 Å². The quantitative estimate of drug-likeness (QED) is 0.467. The molecule has 0 aromatic heterocycles. The van der Waals surface area contributed by atoms with Crippen LogP contribution in [0.2, 0.25) is 0 Å². The van der Waals surface area contributed by atoms with Gasteiger partial charge in [0.2, 0.25) is 0 Å². The van der Waals surface area contributed by atoms with E-state index in [0.29, 0.717) is 26.3 Å². The van der Waals surface area contributed by atoms with Gasteiger partial charge >= 0.3 is 0 Å². The number of amides is 2. The minimum absolute atomic E-state index is 0.324. The number of benzene rings is 1. The van der Waals surface area contributed by atoms with Crippen molar-refractivity contribution in [1.29, 1.82) is 0 Å². The summed E-state index contributed by atoms with van der Waals surface area (Å²) in [5.41, 5.74) is 0.855. The predicted octanol–water partition coefficient (Wildman–Crippen LogP) is 0.853. The van der Waals surface area contributed by atoms with Gasteiger partial charge in [-0.25, -0.2) is 0 Å². The van der Waals surface area contributed by atoms with E-state index in [0.717, 1.165) is 5.56 Å². The zero-order valence-corrected chi connectivity index (χ0v) is 14.5. The Labute approximate surface area is 147 Å². The third-order valence-corrected chi connectivity index (χ3v) is 4.37. The Balaban J connectivity index is 1.79. The molecule has 0 bridgehead atoms. The van der Waals surface area contributed by atoms with Crippen LogP contribution in [-0.4, -0.2) is 61.5 Å². The van der Waals surface area contributed by atoms with E-state index in [1.165, 1.54) is 4.90 Å². The van der Waals surface area contributed by atoms with Gasteiger partial charge in [-0.05, 0) is 19.4 Å². The van der Waals surface area contributed by atoms with Gasteiger partial charge in [0.15, 0.2) is 12.4 Å². The molecule has 2 heterocycles. The van der Waals surface area contributed by atoms with Gasteiger partial charge in [-0.2, -0.15) is 0 Å². The number of β-lactam (4-membered cyclic amide) rings is 1. The highest BCUT2D eigenvalue weighted by atomic mass is 16.7. The minimum Gasteiger partial charge on any atom is -0.366 e. The summed E-state index contributed by atoms with van der Waals surface area (Å²) in [5, 5.41) is 3.11. The number of carbonyl (C=O) groups is 2. The van der Waals surface area contributed by atoms with E-state index in [-0.39, 0.29) is 11.8 Å². The number of likely N-dealkylation sites (tertiary alicyclic amines) is 1. The molecule has 1 aromatic rings. The molecule has 1 N–H and O–H groups in total. The number of ether oxygens (including phenoxy) is 3. The lowest BCUT2D eigenvalue weighted by atomic mass is 9.89. The van der Waals surface area contributed by atoms with E-state index < -0.39 is 24.5 Å². The summed E-state index contributed by atoms with van der Waals surface area (Å²) in [6.07, 6.45) is -1.89. The van der Waals surface area contributed by atoms with Crippen molar-refractivity contribution in [1.82, 2.24) is 10.2 Å². The smallest absolute Gasteiger partial charge is 0.261 e. The molecule has 2 saturated heterocycles. The number of morpholine rings is 1. The van der Waals surface area contributed by atoms with Crippen LogP contribution in [0.3, 0.4) is 0 Å². The summed E-state index contributed by atoms with van der Waals surface area (Å²) in [7, 11) is 0. The summed E-state index contributed by atoms with van der Waals surface area (Å²) in [5.74, 6) is -0.672. The number of nitrogens with zero attached hydrogens (tertiary/aromatic N) is 1. The van der Waals surface area contributed by atoms with Gasteiger partial charge in [0.05, 0.1) is 6.61 Å². The van der Waals surface area contributed by atoms with Gasteiger partial charge in [-0.15, -0.1) is 0 Å². The average Bonchev–Trinajstić information content (AvgIpc) is 2.65. The third kappa shape index (κ3) is 3.74. The molecule has 1 aromatic carbocycles. The van der Waals surface area contributed by atoms with E-state index in [9.17, 15) is 9.59 Å². The van der Waals surface area contributed by atoms with Crippen LogP contribution in [0.1, 0.15) is 25.5 Å². The molecule has 2 aliphatic heterocycles. The summed E-state index contributed by atoms with van der Waals surface area (Å²) < 4.78 is 16.6. The first kappa shape index (κ1) is 18.0. The van der Waals surface area contributed by atoms with Crippen LogP contribution in [0.5, 0.6) is 0 Å². The van der Waals surface area contributed by atoms with Gasteiger partial charge < -0.3 is 19.5 Å². The van der Waals surface area contributed by atoms with Crippen LogP contribution in [-0.2, 0) is 23.8 Å². The van der Waals surface area contributed by atoms with Gasteiger partial charge in [0, 0.05) is 19.7 Å². The van der Waals surface area contributed by atoms with Crippen LogP contribution in [0.4, 0.5) is 0 Å². The Morgan fingerprint density at radius 2 is 2.16 bits per heavy atom. The normalized spacial score (nSPS) is 27.7. The number of nitrogens with one attached hydrogen (secondary N) is 1. The van der Waals surface area contributed by atoms with Crippen molar-refractivity contribution in [2.24, 2.45) is 0 Å². The molecule has 3 rings (SSSR count). The Kier molecular flexibility index (Phi) is 5.80. The van der Waals surface area contributed by atoms with Crippen molar-refractivity contribution in [2.75, 3.05) is 26.3 Å². The molecule has 0 radical (unpaired) electrons. The number of imide groups is 1. The number of rotatable bonds is 6. The molecule has 7 heteroatoms. The van der Waals surface area contributed by atoms with E-state index in [2.05, 4.69) is 5.32 Å². The van der Waals surface area contributed by atoms with Gasteiger partial charge in [-0.3, -0.25) is 14.5 Å². The highest BCUT2D eigenvalue weighted by molar-refractivity contribution is 6.05. The lowest BCUT2D eigenvalue weighted by Gasteiger charge is -2.47. The minimum atomic E-state index is -0.732. The largest absolute Gasteiger partial charge is 0.366 e. The third-order valence-electron chi connectivity index (χ3n) is 4.37. The summed E-state index contributed by atoms with van der Waals surface area (Å²) >= 11 is 0. The molecule has 2 aliphatic rings. The lowest BCUT2D eigenvalue weighted by molar-refractivity contribution is -0.218. The van der Waals surface area contributed by atoms with Gasteiger partial charge in [0.25, 0.3) is 11.8 Å². The van der Waals surface area contributed by atoms with Crippen molar-refractivity contribution in [3.63, 3.8) is 0 Å². The highest BCUT2D eigenvalue weighted by Gasteiger charge is 2.54. The van der Waals surface area contributed by atoms with E-state index >= 15 is 0 Å². The van der Waals surface area contributed by atoms with Crippen molar-refractivity contribution in [3.8, 4) is 0 Å². The second-order valence-corrected chi connectivity index (χ2v) is 6.05. The second-order valence-electron chi connectivity index (χ2n) is 6.05. The van der Waals surface area contributed by atoms with E-state index in [1.807, 2.05) is 37.3 Å². The molecule has 25 heavy (non-hydrogen) atoms. The van der Waals surface area contributed by atoms with E-state index in [1.54, 1.807) is 6.92 Å². The predicted molar refractivity (Wildman–Crippen MR) is 89.6 cm³/mol. The zero-order chi connectivity index (χ0) is 17.8. The molecule has 4 atom stereocenters. The first-order valence-corrected chi connectivity index (χ1v) is 8.64. The topological polar surface area (TPSA) is 77.1 Å². The van der Waals surface area contributed by atoms with Crippen LogP contribution in [0.15, 0.2) is 30.3 Å². The molecule has 2 amide bonds. The average molecular weight is 348 g/mol. The van der Waals surface area contributed by atoms with Gasteiger partial charge in [0.1, 0.15) is 12.1 Å². The molecular formula is C18H24N2O5. The highest BCUT2D eigenvalue weighted by Crippen LogP contribution is 2.38. The Morgan fingerprint density at radius 3 is 2.80 bits per heavy atom. The zero-order valence-electron chi connectivity index (χ0n) is 14.5. The molecule has 0 aliphatic carbocycles. The van der Waals surface area contributed by atoms with Crippen molar-refractivity contribution >= 4 is 11.8 Å². The fourth-order valence-electron chi connectivity index (χ4n) is 3.17. The Morgan fingerprint density at radius 1 is 1.40 bits per heavy atom. The van der Waals surface area contributed by atoms with E-state index in [4.69, 9.17) is 14.2 Å². The van der Waals surface area contributed by atoms with Crippen LogP contribution >= 0.6 is 0 Å². The standard InChI is InChI=1S/C18H24N2O5/c1-3-23-12(2)25-16-15(13-7-5-4-6-8-13)20(18(16)22)17(21)14-11-19-9-10-24-14/h4-8,12,14-16,19H,3,9-11H2,1-2H3/t12?,14?,15-,16+/m0/s1. The Bertz CT molecular complexity index is 603. The lowest BCUT2D eigenvalue weighted by Crippen LogP contribution is -2.65. The molecule has 0 spiro atoms. The first-order valence-electron chi connectivity index (χ1n) is 8.64. The molecule has 0 saturated carbocycles. The van der Waals surface area contributed by atoms with Crippen molar-refractivity contribution in [2.45, 2.75) is 38.4 Å². The van der Waals surface area contributed by atoms with Crippen LogP contribution < -0.4 is 5.32 Å². The van der Waals surface area contributed by atoms with Crippen LogP contribution in [0.25, 0.3) is 0 Å². The maximum absolute atomic E-state index is 12.8. The summed E-state index contributed by atoms with van der Waals surface area (Å²) in [6, 6.07) is 8.96. The molecule has 7 nitrogen and oxygen atoms in total. The second kappa shape index (κ2) is 8.05. The summed E-state index contributed by atoms with van der Waals surface area (Å²) in [4.78, 5) is 26.7. The van der Waals surface area contributed by atoms with Crippen molar-refractivity contribution < 1.29 is 23.8 Å². The number of hydrogen-bond acceptors (Lipinski definition) is 6. The maximum Gasteiger partial charge on any atom is 0.261 e. The molecule has 136 valence electrons. The SMILES string of the molecule is CCOC(C)O[C@H]1C(=O)N(C(=O)C2CNCCO2)[C@H]1c1ccccc1. The fourth-order valence-corrected chi connectivity index (χ4v) is 3.17. The number of hydrogen-bond donors (Lipinski definition) is 1. The van der Waals surface area contributed by atoms with Crippen LogP contribution in [0, 0.1) is 0 Å². The summed E-state index contributed by atoms with van der Waals surface area (Å²) in [6.45, 7) is 5.67. The Hall–Kier alpha value is -1.80. The fraction of sp³-hybridized carbons (Fsp3) is 0.556. The molecular weight excluding hydrogens is 324 g/mol. The molecule has 2 fully saturated rings. The van der Waals surface area contributed by atoms with Gasteiger partial charge in [-0.1, -0.05) is 30.3 Å². The monoisotopic (exact) mass is 348 g/mol. The maximum atomic E-state index is 12.8.